The predicted molar refractivity (Wildman–Crippen MR) is 110 cm³/mol. The number of hydrogen-bond acceptors (Lipinski definition) is 2. The van der Waals surface area contributed by atoms with E-state index in [1.54, 1.807) is 6.08 Å². The molecule has 4 rings (SSSR count). The molecule has 0 aliphatic carbocycles. The molecule has 2 N–H and O–H groups in total. The van der Waals surface area contributed by atoms with E-state index in [9.17, 15) is 4.79 Å². The molecule has 0 unspecified atom stereocenters. The minimum Gasteiger partial charge on any atom is -0.346 e. The van der Waals surface area contributed by atoms with Crippen LogP contribution in [-0.4, -0.2) is 15.9 Å². The fourth-order valence-corrected chi connectivity index (χ4v) is 3.00. The molecule has 2 aromatic heterocycles. The Bertz CT molecular complexity index is 1140. The Morgan fingerprint density at radius 2 is 1.93 bits per heavy atom. The van der Waals surface area contributed by atoms with Crippen LogP contribution in [0.15, 0.2) is 79.1 Å². The van der Waals surface area contributed by atoms with Crippen LogP contribution in [0.3, 0.4) is 0 Å². The van der Waals surface area contributed by atoms with Crippen molar-refractivity contribution in [2.45, 2.75) is 6.92 Å². The number of nitrogens with zero attached hydrogens (tertiary/aromatic N) is 1. The topological polar surface area (TPSA) is 57.8 Å². The standard InChI is InChI=1S/C23H19N3O/c1-16-4-2-7-21(12-16)26-22(27)9-8-17-5-3-6-18(13-17)20-14-19-10-11-24-23(19)25-15-20/h2-15H,1H3,(H,24,25)(H,26,27). The highest BCUT2D eigenvalue weighted by Crippen LogP contribution is 2.23. The van der Waals surface area contributed by atoms with Gasteiger partial charge in [0.25, 0.3) is 0 Å². The number of carbonyl (C=O) groups is 1. The molecule has 0 spiro atoms. The maximum atomic E-state index is 12.2. The zero-order valence-corrected chi connectivity index (χ0v) is 14.9. The van der Waals surface area contributed by atoms with Crippen molar-refractivity contribution in [1.29, 1.82) is 0 Å². The molecule has 0 aliphatic rings. The molecule has 0 bridgehead atoms. The van der Waals surface area contributed by atoms with Crippen LogP contribution < -0.4 is 5.32 Å². The molecule has 4 heteroatoms. The van der Waals surface area contributed by atoms with Gasteiger partial charge in [0.15, 0.2) is 0 Å². The molecule has 4 nitrogen and oxygen atoms in total. The van der Waals surface area contributed by atoms with Crippen molar-refractivity contribution in [3.05, 3.63) is 90.3 Å². The molecule has 1 amide bonds. The van der Waals surface area contributed by atoms with Crippen LogP contribution >= 0.6 is 0 Å². The van der Waals surface area contributed by atoms with E-state index >= 15 is 0 Å². The third-order valence-electron chi connectivity index (χ3n) is 4.33. The Labute approximate surface area is 157 Å². The summed E-state index contributed by atoms with van der Waals surface area (Å²) in [5.74, 6) is -0.151. The number of benzene rings is 2. The molecule has 0 saturated carbocycles. The van der Waals surface area contributed by atoms with Crippen LogP contribution in [0.4, 0.5) is 5.69 Å². The molecule has 2 aromatic carbocycles. The number of H-pyrrole nitrogens is 1. The van der Waals surface area contributed by atoms with Gasteiger partial charge in [0.05, 0.1) is 0 Å². The molecule has 0 radical (unpaired) electrons. The number of aryl methyl sites for hydroxylation is 1. The van der Waals surface area contributed by atoms with Gasteiger partial charge in [0.2, 0.25) is 5.91 Å². The Morgan fingerprint density at radius 3 is 2.81 bits per heavy atom. The van der Waals surface area contributed by atoms with Gasteiger partial charge in [-0.15, -0.1) is 0 Å². The summed E-state index contributed by atoms with van der Waals surface area (Å²) in [6, 6.07) is 19.9. The second-order valence-electron chi connectivity index (χ2n) is 6.46. The lowest BCUT2D eigenvalue weighted by Gasteiger charge is -2.04. The number of carbonyl (C=O) groups excluding carboxylic acids is 1. The molecule has 27 heavy (non-hydrogen) atoms. The molecule has 132 valence electrons. The highest BCUT2D eigenvalue weighted by molar-refractivity contribution is 6.02. The Morgan fingerprint density at radius 1 is 1.04 bits per heavy atom. The molecular formula is C23H19N3O. The van der Waals surface area contributed by atoms with Crippen molar-refractivity contribution in [1.82, 2.24) is 9.97 Å². The number of aromatic amines is 1. The minimum atomic E-state index is -0.151. The van der Waals surface area contributed by atoms with Gasteiger partial charge in [-0.05, 0) is 60.0 Å². The summed E-state index contributed by atoms with van der Waals surface area (Å²) in [5.41, 5.74) is 5.85. The van der Waals surface area contributed by atoms with Crippen molar-refractivity contribution >= 4 is 28.7 Å². The van der Waals surface area contributed by atoms with E-state index in [1.807, 2.05) is 80.0 Å². The number of nitrogens with one attached hydrogen (secondary N) is 2. The number of anilines is 1. The van der Waals surface area contributed by atoms with Gasteiger partial charge in [0.1, 0.15) is 5.65 Å². The maximum absolute atomic E-state index is 12.2. The highest BCUT2D eigenvalue weighted by atomic mass is 16.1. The van der Waals surface area contributed by atoms with Crippen molar-refractivity contribution in [2.24, 2.45) is 0 Å². The first-order valence-corrected chi connectivity index (χ1v) is 8.77. The molecule has 0 saturated heterocycles. The lowest BCUT2D eigenvalue weighted by molar-refractivity contribution is -0.111. The summed E-state index contributed by atoms with van der Waals surface area (Å²) >= 11 is 0. The number of rotatable bonds is 4. The van der Waals surface area contributed by atoms with Gasteiger partial charge in [0, 0.05) is 35.1 Å². The summed E-state index contributed by atoms with van der Waals surface area (Å²) < 4.78 is 0. The van der Waals surface area contributed by atoms with E-state index in [0.717, 1.165) is 39.0 Å². The van der Waals surface area contributed by atoms with Gasteiger partial charge < -0.3 is 10.3 Å². The second kappa shape index (κ2) is 7.30. The number of fused-ring (bicyclic) bond motifs is 1. The van der Waals surface area contributed by atoms with E-state index in [1.165, 1.54) is 0 Å². The first-order chi connectivity index (χ1) is 13.2. The van der Waals surface area contributed by atoms with E-state index in [-0.39, 0.29) is 5.91 Å². The summed E-state index contributed by atoms with van der Waals surface area (Å²) in [4.78, 5) is 19.7. The van der Waals surface area contributed by atoms with E-state index in [0.29, 0.717) is 0 Å². The van der Waals surface area contributed by atoms with Gasteiger partial charge >= 0.3 is 0 Å². The minimum absolute atomic E-state index is 0.151. The van der Waals surface area contributed by atoms with E-state index in [4.69, 9.17) is 0 Å². The maximum Gasteiger partial charge on any atom is 0.248 e. The highest BCUT2D eigenvalue weighted by Gasteiger charge is 2.03. The van der Waals surface area contributed by atoms with E-state index < -0.39 is 0 Å². The first-order valence-electron chi connectivity index (χ1n) is 8.77. The summed E-state index contributed by atoms with van der Waals surface area (Å²) in [5, 5.41) is 3.95. The molecule has 0 atom stereocenters. The Balaban J connectivity index is 1.51. The van der Waals surface area contributed by atoms with Gasteiger partial charge in [-0.3, -0.25) is 4.79 Å². The molecule has 2 heterocycles. The molecule has 0 aliphatic heterocycles. The number of amides is 1. The van der Waals surface area contributed by atoms with Crippen molar-refractivity contribution in [3.8, 4) is 11.1 Å². The average Bonchev–Trinajstić information content (AvgIpc) is 3.14. The van der Waals surface area contributed by atoms with Crippen molar-refractivity contribution < 1.29 is 4.79 Å². The summed E-state index contributed by atoms with van der Waals surface area (Å²) in [7, 11) is 0. The van der Waals surface area contributed by atoms with Crippen LogP contribution in [0.5, 0.6) is 0 Å². The van der Waals surface area contributed by atoms with Gasteiger partial charge in [-0.1, -0.05) is 30.3 Å². The lowest BCUT2D eigenvalue weighted by atomic mass is 10.0. The Hall–Kier alpha value is -3.66. The monoisotopic (exact) mass is 353 g/mol. The van der Waals surface area contributed by atoms with Crippen LogP contribution in [0.25, 0.3) is 28.2 Å². The van der Waals surface area contributed by atoms with Crippen molar-refractivity contribution in [3.63, 3.8) is 0 Å². The van der Waals surface area contributed by atoms with E-state index in [2.05, 4.69) is 21.4 Å². The third kappa shape index (κ3) is 3.96. The normalized spacial score (nSPS) is 11.1. The van der Waals surface area contributed by atoms with Gasteiger partial charge in [-0.2, -0.15) is 0 Å². The quantitative estimate of drug-likeness (QED) is 0.496. The lowest BCUT2D eigenvalue weighted by Crippen LogP contribution is -2.07. The summed E-state index contributed by atoms with van der Waals surface area (Å²) in [6.07, 6.45) is 7.10. The zero-order chi connectivity index (χ0) is 18.6. The van der Waals surface area contributed by atoms with Crippen LogP contribution in [0.1, 0.15) is 11.1 Å². The fraction of sp³-hybridized carbons (Fsp3) is 0.0435. The molecular weight excluding hydrogens is 334 g/mol. The second-order valence-corrected chi connectivity index (χ2v) is 6.46. The van der Waals surface area contributed by atoms with Crippen LogP contribution in [0.2, 0.25) is 0 Å². The zero-order valence-electron chi connectivity index (χ0n) is 14.9. The summed E-state index contributed by atoms with van der Waals surface area (Å²) in [6.45, 7) is 2.00. The average molecular weight is 353 g/mol. The molecule has 0 fully saturated rings. The van der Waals surface area contributed by atoms with Gasteiger partial charge in [-0.25, -0.2) is 4.98 Å². The van der Waals surface area contributed by atoms with Crippen LogP contribution in [-0.2, 0) is 4.79 Å². The predicted octanol–water partition coefficient (Wildman–Crippen LogP) is 5.19. The first kappa shape index (κ1) is 16.8. The number of pyridine rings is 1. The number of hydrogen-bond donors (Lipinski definition) is 2. The van der Waals surface area contributed by atoms with Crippen LogP contribution in [0, 0.1) is 6.92 Å². The number of aromatic nitrogens is 2. The largest absolute Gasteiger partial charge is 0.346 e. The smallest absolute Gasteiger partial charge is 0.248 e. The SMILES string of the molecule is Cc1cccc(NC(=O)C=Cc2cccc(-c3cnc4[nH]ccc4c3)c2)c1. The third-order valence-corrected chi connectivity index (χ3v) is 4.33. The fourth-order valence-electron chi connectivity index (χ4n) is 3.00. The Kier molecular flexibility index (Phi) is 4.54. The molecule has 4 aromatic rings. The van der Waals surface area contributed by atoms with Crippen molar-refractivity contribution in [2.75, 3.05) is 5.32 Å².